The summed E-state index contributed by atoms with van der Waals surface area (Å²) in [6.07, 6.45) is -0.352. The first-order valence-corrected chi connectivity index (χ1v) is 6.08. The molecule has 0 aliphatic rings. The Morgan fingerprint density at radius 3 is 2.39 bits per heavy atom. The number of amides is 1. The second kappa shape index (κ2) is 7.82. The molecule has 0 aliphatic carbocycles. The van der Waals surface area contributed by atoms with E-state index in [1.807, 2.05) is 26.8 Å². The lowest BCUT2D eigenvalue weighted by Gasteiger charge is -2.19. The maximum Gasteiger partial charge on any atom is 0.407 e. The normalized spacial score (nSPS) is 10.1. The molecule has 5 heteroatoms. The van der Waals surface area contributed by atoms with Crippen molar-refractivity contribution in [1.29, 1.82) is 0 Å². The van der Waals surface area contributed by atoms with Gasteiger partial charge in [0.1, 0.15) is 0 Å². The van der Waals surface area contributed by atoms with Gasteiger partial charge in [0.15, 0.2) is 0 Å². The van der Waals surface area contributed by atoms with E-state index >= 15 is 0 Å². The average Bonchev–Trinajstić information content (AvgIpc) is 2.15. The van der Waals surface area contributed by atoms with Gasteiger partial charge in [0.2, 0.25) is 0 Å². The predicted molar refractivity (Wildman–Crippen MR) is 75.8 cm³/mol. The van der Waals surface area contributed by atoms with Crippen molar-refractivity contribution in [1.82, 2.24) is 5.32 Å². The zero-order chi connectivity index (χ0) is 14.2. The fourth-order valence-electron chi connectivity index (χ4n) is 0.980. The van der Waals surface area contributed by atoms with Crippen molar-refractivity contribution in [3.63, 3.8) is 0 Å². The molecule has 0 heterocycles. The van der Waals surface area contributed by atoms with Crippen LogP contribution < -0.4 is 11.1 Å². The minimum atomic E-state index is -0.352. The van der Waals surface area contributed by atoms with Crippen molar-refractivity contribution < 1.29 is 9.53 Å². The molecule has 0 aromatic heterocycles. The summed E-state index contributed by atoms with van der Waals surface area (Å²) in [4.78, 5) is 10.7. The van der Waals surface area contributed by atoms with Gasteiger partial charge in [-0.3, -0.25) is 0 Å². The van der Waals surface area contributed by atoms with Crippen molar-refractivity contribution in [2.45, 2.75) is 33.2 Å². The van der Waals surface area contributed by atoms with Crippen LogP contribution in [0.3, 0.4) is 0 Å². The predicted octanol–water partition coefficient (Wildman–Crippen LogP) is 3.45. The molecule has 18 heavy (non-hydrogen) atoms. The van der Waals surface area contributed by atoms with Crippen LogP contribution in [0.5, 0.6) is 0 Å². The fraction of sp³-hybridized carbons (Fsp3) is 0.462. The average molecular weight is 273 g/mol. The molecule has 0 aliphatic heterocycles. The molecule has 0 atom stereocenters. The maximum atomic E-state index is 10.7. The first kappa shape index (κ1) is 16.6. The summed E-state index contributed by atoms with van der Waals surface area (Å²) in [7, 11) is 0. The van der Waals surface area contributed by atoms with E-state index < -0.39 is 0 Å². The van der Waals surface area contributed by atoms with E-state index in [0.717, 1.165) is 0 Å². The van der Waals surface area contributed by atoms with Gasteiger partial charge in [-0.15, -0.1) is 0 Å². The van der Waals surface area contributed by atoms with E-state index in [0.29, 0.717) is 17.3 Å². The molecule has 0 bridgehead atoms. The highest BCUT2D eigenvalue weighted by atomic mass is 35.5. The van der Waals surface area contributed by atoms with Crippen LogP contribution in [0.2, 0.25) is 5.02 Å². The Kier molecular flexibility index (Phi) is 7.20. The number of nitrogens with two attached hydrogens (primary N) is 1. The van der Waals surface area contributed by atoms with Crippen molar-refractivity contribution in [3.05, 3.63) is 29.3 Å². The van der Waals surface area contributed by atoms with Crippen LogP contribution in [0.15, 0.2) is 24.3 Å². The van der Waals surface area contributed by atoms with Crippen molar-refractivity contribution in [2.75, 3.05) is 12.3 Å². The highest BCUT2D eigenvalue weighted by molar-refractivity contribution is 6.30. The van der Waals surface area contributed by atoms with Gasteiger partial charge in [-0.05, 0) is 45.9 Å². The van der Waals surface area contributed by atoms with Gasteiger partial charge in [0, 0.05) is 16.2 Å². The minimum Gasteiger partial charge on any atom is -0.450 e. The Balaban J connectivity index is 0.000000327. The molecule has 102 valence electrons. The molecule has 0 fully saturated rings. The van der Waals surface area contributed by atoms with E-state index in [1.54, 1.807) is 25.1 Å². The lowest BCUT2D eigenvalue weighted by Crippen LogP contribution is -2.40. The standard InChI is InChI=1S/C7H15NO2.C6H6ClN/c1-5-10-6(9)8-7(2,3)4;7-5-2-1-3-6(8)4-5/h5H2,1-4H3,(H,8,9);1-4H,8H2. The third kappa shape index (κ3) is 9.78. The van der Waals surface area contributed by atoms with Crippen LogP contribution in [0, 0.1) is 0 Å². The molecule has 0 saturated heterocycles. The van der Waals surface area contributed by atoms with Gasteiger partial charge in [-0.25, -0.2) is 4.79 Å². The minimum absolute atomic E-state index is 0.202. The molecule has 1 rings (SSSR count). The highest BCUT2D eigenvalue weighted by Crippen LogP contribution is 2.10. The molecule has 0 unspecified atom stereocenters. The fourth-order valence-corrected chi connectivity index (χ4v) is 1.18. The van der Waals surface area contributed by atoms with E-state index in [9.17, 15) is 4.79 Å². The van der Waals surface area contributed by atoms with Gasteiger partial charge in [-0.2, -0.15) is 0 Å². The molecule has 1 aromatic carbocycles. The summed E-state index contributed by atoms with van der Waals surface area (Å²) in [6.45, 7) is 7.92. The Hall–Kier alpha value is -1.42. The first-order valence-electron chi connectivity index (χ1n) is 5.70. The van der Waals surface area contributed by atoms with Gasteiger partial charge >= 0.3 is 6.09 Å². The maximum absolute atomic E-state index is 10.7. The van der Waals surface area contributed by atoms with E-state index in [4.69, 9.17) is 17.3 Å². The van der Waals surface area contributed by atoms with Crippen LogP contribution in [-0.4, -0.2) is 18.2 Å². The number of halogens is 1. The first-order chi connectivity index (χ1) is 8.24. The number of alkyl carbamates (subject to hydrolysis) is 1. The van der Waals surface area contributed by atoms with Crippen molar-refractivity contribution >= 4 is 23.4 Å². The van der Waals surface area contributed by atoms with Gasteiger partial charge in [0.25, 0.3) is 0 Å². The van der Waals surface area contributed by atoms with Crippen LogP contribution >= 0.6 is 11.6 Å². The number of nitrogen functional groups attached to an aromatic ring is 1. The molecule has 3 N–H and O–H groups in total. The number of hydrogen-bond acceptors (Lipinski definition) is 3. The lowest BCUT2D eigenvalue weighted by molar-refractivity contribution is 0.143. The monoisotopic (exact) mass is 272 g/mol. The third-order valence-corrected chi connectivity index (χ3v) is 1.84. The molecular weight excluding hydrogens is 252 g/mol. The molecule has 1 aromatic rings. The highest BCUT2D eigenvalue weighted by Gasteiger charge is 2.13. The molecular formula is C13H21ClN2O2. The second-order valence-corrected chi connectivity index (χ2v) is 5.09. The largest absolute Gasteiger partial charge is 0.450 e. The number of hydrogen-bond donors (Lipinski definition) is 2. The van der Waals surface area contributed by atoms with Crippen LogP contribution in [0.25, 0.3) is 0 Å². The van der Waals surface area contributed by atoms with Crippen LogP contribution in [0.1, 0.15) is 27.7 Å². The number of carbonyl (C=O) groups excluding carboxylic acids is 1. The number of rotatable bonds is 1. The third-order valence-electron chi connectivity index (χ3n) is 1.60. The molecule has 4 nitrogen and oxygen atoms in total. The second-order valence-electron chi connectivity index (χ2n) is 4.65. The number of carbonyl (C=O) groups is 1. The Morgan fingerprint density at radius 2 is 2.06 bits per heavy atom. The lowest BCUT2D eigenvalue weighted by atomic mass is 10.1. The van der Waals surface area contributed by atoms with Gasteiger partial charge in [-0.1, -0.05) is 17.7 Å². The Morgan fingerprint density at radius 1 is 1.44 bits per heavy atom. The molecule has 0 spiro atoms. The molecule has 0 saturated carbocycles. The Bertz CT molecular complexity index is 358. The topological polar surface area (TPSA) is 64.3 Å². The van der Waals surface area contributed by atoms with Crippen LogP contribution in [-0.2, 0) is 4.74 Å². The number of anilines is 1. The number of ether oxygens (including phenoxy) is 1. The summed E-state index contributed by atoms with van der Waals surface area (Å²) in [6, 6.07) is 7.11. The van der Waals surface area contributed by atoms with Gasteiger partial charge < -0.3 is 15.8 Å². The van der Waals surface area contributed by atoms with Gasteiger partial charge in [0.05, 0.1) is 6.61 Å². The number of benzene rings is 1. The molecule has 0 radical (unpaired) electrons. The van der Waals surface area contributed by atoms with E-state index in [1.165, 1.54) is 0 Å². The summed E-state index contributed by atoms with van der Waals surface area (Å²) in [5.41, 5.74) is 5.88. The SMILES string of the molecule is CCOC(=O)NC(C)(C)C.Nc1cccc(Cl)c1. The number of nitrogens with one attached hydrogen (secondary N) is 1. The quantitative estimate of drug-likeness (QED) is 0.770. The van der Waals surface area contributed by atoms with Crippen LogP contribution in [0.4, 0.5) is 10.5 Å². The Labute approximate surface area is 113 Å². The van der Waals surface area contributed by atoms with E-state index in [2.05, 4.69) is 10.1 Å². The summed E-state index contributed by atoms with van der Waals surface area (Å²) in [5.74, 6) is 0. The van der Waals surface area contributed by atoms with Crippen molar-refractivity contribution in [2.24, 2.45) is 0 Å². The summed E-state index contributed by atoms with van der Waals surface area (Å²) in [5, 5.41) is 3.34. The summed E-state index contributed by atoms with van der Waals surface area (Å²) >= 11 is 5.56. The zero-order valence-electron chi connectivity index (χ0n) is 11.3. The van der Waals surface area contributed by atoms with E-state index in [-0.39, 0.29) is 11.6 Å². The smallest absolute Gasteiger partial charge is 0.407 e. The van der Waals surface area contributed by atoms with Crippen molar-refractivity contribution in [3.8, 4) is 0 Å². The summed E-state index contributed by atoms with van der Waals surface area (Å²) < 4.78 is 4.67. The zero-order valence-corrected chi connectivity index (χ0v) is 12.0. The molecule has 1 amide bonds.